The number of hydrogen-bond acceptors (Lipinski definition) is 7. The maximum atomic E-state index is 11.0. The van der Waals surface area contributed by atoms with Gasteiger partial charge in [0.2, 0.25) is 5.52 Å². The van der Waals surface area contributed by atoms with Crippen molar-refractivity contribution in [2.24, 2.45) is 5.92 Å². The number of nitrogens with one attached hydrogen (secondary N) is 1. The van der Waals surface area contributed by atoms with E-state index >= 15 is 0 Å². The first-order valence-corrected chi connectivity index (χ1v) is 7.00. The molecule has 8 nitrogen and oxygen atoms in total. The normalized spacial score (nSPS) is 19.1. The molecule has 0 aliphatic carbocycles. The van der Waals surface area contributed by atoms with Crippen molar-refractivity contribution in [1.29, 1.82) is 0 Å². The summed E-state index contributed by atoms with van der Waals surface area (Å²) in [5.41, 5.74) is 1.47. The first kappa shape index (κ1) is 13.7. The van der Waals surface area contributed by atoms with Gasteiger partial charge in [-0.25, -0.2) is 4.63 Å². The zero-order valence-electron chi connectivity index (χ0n) is 11.8. The molecule has 2 heterocycles. The monoisotopic (exact) mass is 291 g/mol. The maximum Gasteiger partial charge on any atom is 0.300 e. The van der Waals surface area contributed by atoms with Crippen LogP contribution in [0.25, 0.3) is 11.0 Å². The molecule has 0 amide bonds. The molecule has 0 spiro atoms. The van der Waals surface area contributed by atoms with E-state index in [1.165, 1.54) is 12.5 Å². The molecule has 1 unspecified atom stereocenters. The highest BCUT2D eigenvalue weighted by Crippen LogP contribution is 2.33. The second-order valence-corrected chi connectivity index (χ2v) is 5.33. The lowest BCUT2D eigenvalue weighted by atomic mass is 9.97. The zero-order valence-corrected chi connectivity index (χ0v) is 11.8. The molecule has 112 valence electrons. The molecule has 1 aliphatic rings. The van der Waals surface area contributed by atoms with Crippen molar-refractivity contribution < 1.29 is 9.55 Å². The number of fused-ring (bicyclic) bond motifs is 1. The Morgan fingerprint density at radius 3 is 3.05 bits per heavy atom. The summed E-state index contributed by atoms with van der Waals surface area (Å²) in [6.45, 7) is 2.78. The number of nitrogens with zero attached hydrogens (tertiary/aromatic N) is 4. The van der Waals surface area contributed by atoms with Gasteiger partial charge >= 0.3 is 5.69 Å². The van der Waals surface area contributed by atoms with Crippen LogP contribution in [0.5, 0.6) is 0 Å². The topological polar surface area (TPSA) is 97.3 Å². The van der Waals surface area contributed by atoms with Crippen LogP contribution in [0.1, 0.15) is 12.8 Å². The average molecular weight is 291 g/mol. The van der Waals surface area contributed by atoms with Gasteiger partial charge in [-0.05, 0) is 48.7 Å². The third kappa shape index (κ3) is 2.54. The van der Waals surface area contributed by atoms with Gasteiger partial charge < -0.3 is 10.2 Å². The Labute approximate surface area is 121 Å². The lowest BCUT2D eigenvalue weighted by molar-refractivity contribution is -0.383. The minimum atomic E-state index is -0.462. The first-order chi connectivity index (χ1) is 10.2. The highest BCUT2D eigenvalue weighted by molar-refractivity contribution is 5.93. The Kier molecular flexibility index (Phi) is 3.70. The summed E-state index contributed by atoms with van der Waals surface area (Å²) in [7, 11) is 1.95. The molecule has 2 aromatic rings. The van der Waals surface area contributed by atoms with Gasteiger partial charge in [0, 0.05) is 19.2 Å². The van der Waals surface area contributed by atoms with E-state index in [2.05, 4.69) is 20.5 Å². The summed E-state index contributed by atoms with van der Waals surface area (Å²) in [4.78, 5) is 12.8. The Morgan fingerprint density at radius 2 is 2.29 bits per heavy atom. The number of anilines is 1. The highest BCUT2D eigenvalue weighted by atomic mass is 16.6. The lowest BCUT2D eigenvalue weighted by Crippen LogP contribution is -2.39. The second kappa shape index (κ2) is 5.65. The largest absolute Gasteiger partial charge is 0.369 e. The number of hydrogen-bond donors (Lipinski definition) is 1. The van der Waals surface area contributed by atoms with E-state index in [0.717, 1.165) is 31.7 Å². The third-order valence-electron chi connectivity index (χ3n) is 3.92. The number of benzene rings is 1. The molecule has 1 aromatic carbocycles. The second-order valence-electron chi connectivity index (χ2n) is 5.33. The van der Waals surface area contributed by atoms with Gasteiger partial charge in [-0.15, -0.1) is 0 Å². The van der Waals surface area contributed by atoms with Crippen molar-refractivity contribution in [1.82, 2.24) is 15.6 Å². The molecule has 1 aromatic heterocycles. The van der Waals surface area contributed by atoms with Gasteiger partial charge in [0.1, 0.15) is 0 Å². The molecule has 1 N–H and O–H groups in total. The van der Waals surface area contributed by atoms with Crippen LogP contribution < -0.4 is 10.2 Å². The van der Waals surface area contributed by atoms with Crippen LogP contribution in [-0.4, -0.2) is 41.9 Å². The summed E-state index contributed by atoms with van der Waals surface area (Å²) < 4.78 is 4.72. The van der Waals surface area contributed by atoms with Crippen LogP contribution in [0.3, 0.4) is 0 Å². The van der Waals surface area contributed by atoms with Gasteiger partial charge in [0.25, 0.3) is 0 Å². The quantitative estimate of drug-likeness (QED) is 0.674. The molecule has 8 heteroatoms. The van der Waals surface area contributed by atoms with Crippen LogP contribution in [-0.2, 0) is 0 Å². The van der Waals surface area contributed by atoms with Gasteiger partial charge in [-0.2, -0.15) is 0 Å². The lowest BCUT2D eigenvalue weighted by Gasteiger charge is -2.34. The molecule has 21 heavy (non-hydrogen) atoms. The van der Waals surface area contributed by atoms with Gasteiger partial charge in [0.15, 0.2) is 5.52 Å². The van der Waals surface area contributed by atoms with E-state index < -0.39 is 4.92 Å². The van der Waals surface area contributed by atoms with E-state index in [0.29, 0.717) is 11.4 Å². The predicted octanol–water partition coefficient (Wildman–Crippen LogP) is 1.57. The number of nitro groups is 1. The molecule has 1 fully saturated rings. The zero-order chi connectivity index (χ0) is 14.8. The van der Waals surface area contributed by atoms with Crippen LogP contribution in [0.4, 0.5) is 11.4 Å². The van der Waals surface area contributed by atoms with E-state index in [1.54, 1.807) is 6.07 Å². The fourth-order valence-corrected chi connectivity index (χ4v) is 2.98. The van der Waals surface area contributed by atoms with Crippen LogP contribution in [0, 0.1) is 16.0 Å². The Balaban J connectivity index is 1.95. The van der Waals surface area contributed by atoms with Crippen LogP contribution >= 0.6 is 0 Å². The summed E-state index contributed by atoms with van der Waals surface area (Å²) in [6.07, 6.45) is 2.28. The number of piperidine rings is 1. The molecular weight excluding hydrogens is 274 g/mol. The van der Waals surface area contributed by atoms with Crippen molar-refractivity contribution in [2.45, 2.75) is 12.8 Å². The van der Waals surface area contributed by atoms with Crippen molar-refractivity contribution in [2.75, 3.05) is 31.6 Å². The number of nitro benzene ring substituents is 1. The Hall–Kier alpha value is -2.22. The molecular formula is C13H17N5O3. The molecule has 0 radical (unpaired) electrons. The fraction of sp³-hybridized carbons (Fsp3) is 0.538. The van der Waals surface area contributed by atoms with Crippen molar-refractivity contribution in [3.8, 4) is 0 Å². The van der Waals surface area contributed by atoms with E-state index in [-0.39, 0.29) is 11.2 Å². The molecule has 1 atom stereocenters. The van der Waals surface area contributed by atoms with Crippen LogP contribution in [0.2, 0.25) is 0 Å². The van der Waals surface area contributed by atoms with Crippen molar-refractivity contribution >= 4 is 22.4 Å². The summed E-state index contributed by atoms with van der Waals surface area (Å²) in [5.74, 6) is 0.564. The number of non-ortho nitro benzene ring substituents is 1. The van der Waals surface area contributed by atoms with E-state index in [1.807, 2.05) is 7.05 Å². The minimum Gasteiger partial charge on any atom is -0.369 e. The Morgan fingerprint density at radius 1 is 1.48 bits per heavy atom. The van der Waals surface area contributed by atoms with Gasteiger partial charge in [-0.3, -0.25) is 10.1 Å². The fourth-order valence-electron chi connectivity index (χ4n) is 2.98. The maximum absolute atomic E-state index is 11.0. The van der Waals surface area contributed by atoms with E-state index in [9.17, 15) is 10.1 Å². The first-order valence-electron chi connectivity index (χ1n) is 7.00. The van der Waals surface area contributed by atoms with Crippen LogP contribution in [0.15, 0.2) is 16.8 Å². The van der Waals surface area contributed by atoms with Gasteiger partial charge in [0.05, 0.1) is 10.6 Å². The number of rotatable bonds is 4. The Bertz CT molecular complexity index is 654. The standard InChI is InChI=1S/C13H17N5O3/c1-14-7-9-3-2-6-17(8-9)10-4-5-11(18(19)20)13-12(10)15-21-16-13/h4-5,9,14H,2-3,6-8H2,1H3. The summed E-state index contributed by atoms with van der Waals surface area (Å²) in [5, 5.41) is 21.8. The van der Waals surface area contributed by atoms with Crippen molar-refractivity contribution in [3.05, 3.63) is 22.2 Å². The molecule has 3 rings (SSSR count). The average Bonchev–Trinajstić information content (AvgIpc) is 2.96. The minimum absolute atomic E-state index is 0.0706. The SMILES string of the molecule is CNCC1CCCN(c2ccc([N+](=O)[O-])c3nonc23)C1. The highest BCUT2D eigenvalue weighted by Gasteiger charge is 2.25. The molecule has 0 saturated carbocycles. The van der Waals surface area contributed by atoms with Crippen molar-refractivity contribution in [3.63, 3.8) is 0 Å². The number of aromatic nitrogens is 2. The van der Waals surface area contributed by atoms with E-state index in [4.69, 9.17) is 4.63 Å². The molecule has 1 saturated heterocycles. The molecule has 0 bridgehead atoms. The smallest absolute Gasteiger partial charge is 0.300 e. The summed E-state index contributed by atoms with van der Waals surface area (Å²) in [6, 6.07) is 3.22. The molecule has 1 aliphatic heterocycles. The summed E-state index contributed by atoms with van der Waals surface area (Å²) >= 11 is 0. The predicted molar refractivity (Wildman–Crippen MR) is 77.3 cm³/mol. The third-order valence-corrected chi connectivity index (χ3v) is 3.92. The van der Waals surface area contributed by atoms with Gasteiger partial charge in [-0.1, -0.05) is 0 Å².